The maximum atomic E-state index is 13.0. The lowest BCUT2D eigenvalue weighted by molar-refractivity contribution is -0.120. The molecule has 0 aliphatic rings. The Labute approximate surface area is 183 Å². The number of rotatable bonds is 8. The predicted octanol–water partition coefficient (Wildman–Crippen LogP) is 3.68. The van der Waals surface area contributed by atoms with Gasteiger partial charge in [-0.2, -0.15) is 0 Å². The van der Waals surface area contributed by atoms with Crippen LogP contribution in [0.4, 0.5) is 5.69 Å². The first-order valence-electron chi connectivity index (χ1n) is 9.80. The zero-order chi connectivity index (χ0) is 22.4. The van der Waals surface area contributed by atoms with Crippen molar-refractivity contribution in [3.63, 3.8) is 0 Å². The number of sulfonamides is 1. The van der Waals surface area contributed by atoms with Gasteiger partial charge >= 0.3 is 0 Å². The van der Waals surface area contributed by atoms with E-state index >= 15 is 0 Å². The van der Waals surface area contributed by atoms with E-state index in [1.165, 1.54) is 7.11 Å². The number of hydrogen-bond donors (Lipinski definition) is 1. The Morgan fingerprint density at radius 2 is 1.61 bits per heavy atom. The molecule has 0 heterocycles. The Balaban J connectivity index is 1.88. The molecule has 0 aliphatic carbocycles. The second-order valence-corrected chi connectivity index (χ2v) is 9.20. The van der Waals surface area contributed by atoms with E-state index in [9.17, 15) is 13.2 Å². The number of ether oxygens (including phenoxy) is 1. The summed E-state index contributed by atoms with van der Waals surface area (Å²) < 4.78 is 31.1. The minimum Gasteiger partial charge on any atom is -0.497 e. The topological polar surface area (TPSA) is 75.7 Å². The molecular formula is C24H26N2O4S. The number of methoxy groups -OCH3 is 1. The molecular weight excluding hydrogens is 412 g/mol. The molecule has 31 heavy (non-hydrogen) atoms. The first-order valence-corrected chi connectivity index (χ1v) is 11.7. The van der Waals surface area contributed by atoms with Crippen LogP contribution in [0, 0.1) is 6.92 Å². The highest BCUT2D eigenvalue weighted by atomic mass is 32.2. The van der Waals surface area contributed by atoms with Crippen molar-refractivity contribution < 1.29 is 17.9 Å². The fourth-order valence-electron chi connectivity index (χ4n) is 3.27. The van der Waals surface area contributed by atoms with Crippen LogP contribution < -0.4 is 14.4 Å². The number of carbonyl (C=O) groups is 1. The van der Waals surface area contributed by atoms with E-state index in [0.717, 1.165) is 27.3 Å². The zero-order valence-corrected chi connectivity index (χ0v) is 18.6. The molecule has 0 unspecified atom stereocenters. The summed E-state index contributed by atoms with van der Waals surface area (Å²) >= 11 is 0. The van der Waals surface area contributed by atoms with Gasteiger partial charge in [0.2, 0.25) is 15.9 Å². The van der Waals surface area contributed by atoms with Gasteiger partial charge in [-0.25, -0.2) is 8.42 Å². The average molecular weight is 439 g/mol. The molecule has 3 rings (SSSR count). The number of aryl methyl sites for hydroxylation is 1. The van der Waals surface area contributed by atoms with Crippen LogP contribution in [0.15, 0.2) is 78.9 Å². The zero-order valence-electron chi connectivity index (χ0n) is 17.8. The van der Waals surface area contributed by atoms with Gasteiger partial charge in [-0.1, -0.05) is 66.2 Å². The molecule has 0 aromatic heterocycles. The Bertz CT molecular complexity index is 1130. The third-order valence-corrected chi connectivity index (χ3v) is 6.02. The molecule has 162 valence electrons. The van der Waals surface area contributed by atoms with Crippen LogP contribution in [0.5, 0.6) is 5.75 Å². The second-order valence-electron chi connectivity index (χ2n) is 7.29. The number of benzene rings is 3. The molecule has 0 saturated heterocycles. The van der Waals surface area contributed by atoms with Gasteiger partial charge in [0, 0.05) is 6.07 Å². The first kappa shape index (κ1) is 22.4. The quantitative estimate of drug-likeness (QED) is 0.582. The maximum Gasteiger partial charge on any atom is 0.241 e. The summed E-state index contributed by atoms with van der Waals surface area (Å²) in [5.41, 5.74) is 3.30. The van der Waals surface area contributed by atoms with E-state index in [0.29, 0.717) is 11.4 Å². The third kappa shape index (κ3) is 5.86. The smallest absolute Gasteiger partial charge is 0.241 e. The largest absolute Gasteiger partial charge is 0.497 e. The summed E-state index contributed by atoms with van der Waals surface area (Å²) in [6.45, 7) is 1.65. The number of carbonyl (C=O) groups excluding carboxylic acids is 1. The van der Waals surface area contributed by atoms with Crippen molar-refractivity contribution in [2.75, 3.05) is 24.2 Å². The van der Waals surface area contributed by atoms with E-state index in [4.69, 9.17) is 4.74 Å². The summed E-state index contributed by atoms with van der Waals surface area (Å²) in [4.78, 5) is 13.0. The Morgan fingerprint density at radius 1 is 0.968 bits per heavy atom. The van der Waals surface area contributed by atoms with Gasteiger partial charge < -0.3 is 10.1 Å². The first-order chi connectivity index (χ1) is 14.8. The van der Waals surface area contributed by atoms with Crippen molar-refractivity contribution >= 4 is 21.6 Å². The molecule has 3 aromatic carbocycles. The van der Waals surface area contributed by atoms with Crippen molar-refractivity contribution in [2.45, 2.75) is 13.0 Å². The van der Waals surface area contributed by atoms with Gasteiger partial charge in [0.05, 0.1) is 25.1 Å². The third-order valence-electron chi connectivity index (χ3n) is 4.88. The highest BCUT2D eigenvalue weighted by molar-refractivity contribution is 7.92. The highest BCUT2D eigenvalue weighted by Gasteiger charge is 2.24. The van der Waals surface area contributed by atoms with Gasteiger partial charge in [0.15, 0.2) is 0 Å². The minimum atomic E-state index is -3.69. The summed E-state index contributed by atoms with van der Waals surface area (Å²) in [5.74, 6) is 0.0936. The number of amides is 1. The van der Waals surface area contributed by atoms with Crippen molar-refractivity contribution in [2.24, 2.45) is 0 Å². The van der Waals surface area contributed by atoms with Crippen LogP contribution in [0.3, 0.4) is 0 Å². The molecule has 1 amide bonds. The fourth-order valence-corrected chi connectivity index (χ4v) is 4.11. The number of nitrogens with one attached hydrogen (secondary N) is 1. The van der Waals surface area contributed by atoms with E-state index in [-0.39, 0.29) is 6.54 Å². The van der Waals surface area contributed by atoms with E-state index in [2.05, 4.69) is 5.32 Å². The van der Waals surface area contributed by atoms with Gasteiger partial charge in [0.25, 0.3) is 0 Å². The molecule has 0 saturated carbocycles. The fraction of sp³-hybridized carbons (Fsp3) is 0.208. The molecule has 3 aromatic rings. The lowest BCUT2D eigenvalue weighted by atomic mass is 9.98. The molecule has 0 aliphatic heterocycles. The van der Waals surface area contributed by atoms with Crippen molar-refractivity contribution in [1.82, 2.24) is 5.32 Å². The maximum absolute atomic E-state index is 13.0. The van der Waals surface area contributed by atoms with E-state index < -0.39 is 22.0 Å². The summed E-state index contributed by atoms with van der Waals surface area (Å²) in [5, 5.41) is 2.99. The van der Waals surface area contributed by atoms with Crippen LogP contribution in [0.1, 0.15) is 22.7 Å². The number of nitrogens with zero attached hydrogens (tertiary/aromatic N) is 1. The van der Waals surface area contributed by atoms with E-state index in [1.807, 2.05) is 61.5 Å². The number of anilines is 1. The summed E-state index contributed by atoms with van der Waals surface area (Å²) in [7, 11) is -2.19. The number of hydrogen-bond acceptors (Lipinski definition) is 4. The normalized spacial score (nSPS) is 12.1. The van der Waals surface area contributed by atoms with Gasteiger partial charge in [0.1, 0.15) is 12.3 Å². The molecule has 1 N–H and O–H groups in total. The van der Waals surface area contributed by atoms with Crippen LogP contribution in [0.25, 0.3) is 0 Å². The average Bonchev–Trinajstić information content (AvgIpc) is 2.76. The second kappa shape index (κ2) is 9.66. The van der Waals surface area contributed by atoms with Gasteiger partial charge in [-0.15, -0.1) is 0 Å². The summed E-state index contributed by atoms with van der Waals surface area (Å²) in [6.07, 6.45) is 1.08. The monoisotopic (exact) mass is 438 g/mol. The molecule has 7 heteroatoms. The minimum absolute atomic E-state index is 0.346. The molecule has 1 atom stereocenters. The molecule has 0 spiro atoms. The SMILES string of the molecule is COc1cccc(N(CC(=O)N[C@H](c2ccccc2)c2ccc(C)cc2)S(C)(=O)=O)c1. The highest BCUT2D eigenvalue weighted by Crippen LogP contribution is 2.25. The lowest BCUT2D eigenvalue weighted by Gasteiger charge is -2.25. The lowest BCUT2D eigenvalue weighted by Crippen LogP contribution is -2.41. The van der Waals surface area contributed by atoms with E-state index in [1.54, 1.807) is 24.3 Å². The van der Waals surface area contributed by atoms with Crippen LogP contribution in [0.2, 0.25) is 0 Å². The van der Waals surface area contributed by atoms with Crippen molar-refractivity contribution in [3.8, 4) is 5.75 Å². The van der Waals surface area contributed by atoms with Crippen LogP contribution >= 0.6 is 0 Å². The van der Waals surface area contributed by atoms with Gasteiger partial charge in [-0.3, -0.25) is 9.10 Å². The Kier molecular flexibility index (Phi) is 6.97. The Hall–Kier alpha value is -3.32. The molecule has 0 bridgehead atoms. The Morgan fingerprint density at radius 3 is 2.23 bits per heavy atom. The summed E-state index contributed by atoms with van der Waals surface area (Å²) in [6, 6.07) is 23.7. The van der Waals surface area contributed by atoms with Crippen LogP contribution in [-0.4, -0.2) is 34.2 Å². The van der Waals surface area contributed by atoms with Crippen molar-refractivity contribution in [1.29, 1.82) is 0 Å². The standard InChI is InChI=1S/C24H26N2O4S/c1-18-12-14-20(15-13-18)24(19-8-5-4-6-9-19)25-23(27)17-26(31(3,28)29)21-10-7-11-22(16-21)30-2/h4-16,24H,17H2,1-3H3,(H,25,27)/t24-/m1/s1. The molecule has 0 fully saturated rings. The molecule has 0 radical (unpaired) electrons. The van der Waals surface area contributed by atoms with Crippen molar-refractivity contribution in [3.05, 3.63) is 95.6 Å². The molecule has 6 nitrogen and oxygen atoms in total. The predicted molar refractivity (Wildman–Crippen MR) is 123 cm³/mol. The van der Waals surface area contributed by atoms with Crippen LogP contribution in [-0.2, 0) is 14.8 Å². The van der Waals surface area contributed by atoms with Gasteiger partial charge in [-0.05, 0) is 30.2 Å².